The maximum atomic E-state index is 4.76. The molecule has 1 saturated carbocycles. The van der Waals surface area contributed by atoms with Crippen LogP contribution < -0.4 is 0 Å². The van der Waals surface area contributed by atoms with Gasteiger partial charge in [0.1, 0.15) is 0 Å². The molecule has 18 heavy (non-hydrogen) atoms. The summed E-state index contributed by atoms with van der Waals surface area (Å²) in [5.41, 5.74) is 0. The van der Waals surface area contributed by atoms with Gasteiger partial charge in [-0.2, -0.15) is 0 Å². The fraction of sp³-hybridized carbons (Fsp3) is 0.875. The van der Waals surface area contributed by atoms with Crippen LogP contribution in [0.3, 0.4) is 0 Å². The summed E-state index contributed by atoms with van der Waals surface area (Å²) in [6.45, 7) is 4.46. The molecule has 0 bridgehead atoms. The van der Waals surface area contributed by atoms with Crippen molar-refractivity contribution in [3.63, 3.8) is 0 Å². The van der Waals surface area contributed by atoms with Gasteiger partial charge in [-0.25, -0.2) is 0 Å². The summed E-state index contributed by atoms with van der Waals surface area (Å²) in [7, 11) is 0. The molecule has 0 unspecified atom stereocenters. The van der Waals surface area contributed by atoms with Gasteiger partial charge in [-0.1, -0.05) is 39.5 Å². The standard InChI is InChI=1S/C16H30N2/c1-3-5-9-13-17-15-11-7-8-12-16(15)18-14-10-6-4-2/h13-16H,3-12H2,1-2H3/t15-,16-/m1/s1. The van der Waals surface area contributed by atoms with Crippen LogP contribution in [0.2, 0.25) is 0 Å². The predicted octanol–water partition coefficient (Wildman–Crippen LogP) is 4.82. The van der Waals surface area contributed by atoms with Crippen molar-refractivity contribution in [2.24, 2.45) is 9.98 Å². The van der Waals surface area contributed by atoms with E-state index in [0.29, 0.717) is 12.1 Å². The summed E-state index contributed by atoms with van der Waals surface area (Å²) >= 11 is 0. The Hall–Kier alpha value is -0.660. The van der Waals surface area contributed by atoms with Crippen LogP contribution in [0.5, 0.6) is 0 Å². The maximum absolute atomic E-state index is 4.76. The minimum Gasteiger partial charge on any atom is -0.292 e. The zero-order chi connectivity index (χ0) is 13.1. The highest BCUT2D eigenvalue weighted by atomic mass is 14.9. The Balaban J connectivity index is 2.36. The molecule has 0 amide bonds. The molecule has 0 N–H and O–H groups in total. The molecule has 0 heterocycles. The fourth-order valence-corrected chi connectivity index (χ4v) is 2.45. The molecule has 0 spiro atoms. The molecule has 104 valence electrons. The quantitative estimate of drug-likeness (QED) is 0.436. The van der Waals surface area contributed by atoms with Crippen molar-refractivity contribution >= 4 is 12.4 Å². The van der Waals surface area contributed by atoms with E-state index in [0.717, 1.165) is 12.8 Å². The van der Waals surface area contributed by atoms with Gasteiger partial charge < -0.3 is 0 Å². The van der Waals surface area contributed by atoms with Crippen LogP contribution >= 0.6 is 0 Å². The van der Waals surface area contributed by atoms with Crippen molar-refractivity contribution in [3.8, 4) is 0 Å². The van der Waals surface area contributed by atoms with E-state index in [4.69, 9.17) is 9.98 Å². The van der Waals surface area contributed by atoms with E-state index in [1.165, 1.54) is 51.4 Å². The predicted molar refractivity (Wildman–Crippen MR) is 82.1 cm³/mol. The second-order valence-electron chi connectivity index (χ2n) is 5.37. The lowest BCUT2D eigenvalue weighted by Gasteiger charge is -2.25. The van der Waals surface area contributed by atoms with Gasteiger partial charge in [-0.3, -0.25) is 9.98 Å². The third-order valence-electron chi connectivity index (χ3n) is 3.66. The van der Waals surface area contributed by atoms with E-state index in [1.54, 1.807) is 0 Å². The second kappa shape index (κ2) is 10.3. The van der Waals surface area contributed by atoms with Crippen LogP contribution in [0, 0.1) is 0 Å². The van der Waals surface area contributed by atoms with Gasteiger partial charge in [0.25, 0.3) is 0 Å². The first kappa shape index (κ1) is 15.4. The first-order valence-corrected chi connectivity index (χ1v) is 7.91. The Kier molecular flexibility index (Phi) is 8.79. The Morgan fingerprint density at radius 2 is 1.28 bits per heavy atom. The summed E-state index contributed by atoms with van der Waals surface area (Å²) in [5, 5.41) is 0. The molecule has 1 aliphatic rings. The van der Waals surface area contributed by atoms with Crippen molar-refractivity contribution in [3.05, 3.63) is 0 Å². The molecule has 0 aliphatic heterocycles. The molecular weight excluding hydrogens is 220 g/mol. The van der Waals surface area contributed by atoms with Crippen molar-refractivity contribution in [2.75, 3.05) is 0 Å². The van der Waals surface area contributed by atoms with Gasteiger partial charge >= 0.3 is 0 Å². The third kappa shape index (κ3) is 6.32. The smallest absolute Gasteiger partial charge is 0.0718 e. The monoisotopic (exact) mass is 250 g/mol. The van der Waals surface area contributed by atoms with Gasteiger partial charge in [0.05, 0.1) is 12.1 Å². The number of nitrogens with zero attached hydrogens (tertiary/aromatic N) is 2. The van der Waals surface area contributed by atoms with Crippen molar-refractivity contribution in [1.29, 1.82) is 0 Å². The van der Waals surface area contributed by atoms with Crippen LogP contribution in [0.25, 0.3) is 0 Å². The lowest BCUT2D eigenvalue weighted by atomic mass is 9.91. The fourth-order valence-electron chi connectivity index (χ4n) is 2.45. The van der Waals surface area contributed by atoms with Crippen molar-refractivity contribution in [1.82, 2.24) is 0 Å². The van der Waals surface area contributed by atoms with E-state index < -0.39 is 0 Å². The van der Waals surface area contributed by atoms with E-state index in [9.17, 15) is 0 Å². The topological polar surface area (TPSA) is 24.7 Å². The van der Waals surface area contributed by atoms with Gasteiger partial charge in [0.15, 0.2) is 0 Å². The molecule has 0 aromatic carbocycles. The summed E-state index contributed by atoms with van der Waals surface area (Å²) in [6, 6.07) is 0.932. The highest BCUT2D eigenvalue weighted by Crippen LogP contribution is 2.23. The van der Waals surface area contributed by atoms with Crippen LogP contribution in [-0.4, -0.2) is 24.5 Å². The van der Waals surface area contributed by atoms with Crippen LogP contribution in [0.15, 0.2) is 9.98 Å². The SMILES string of the molecule is CCCCC=N[C@@H]1CCCC[C@H]1N=CCCCC. The molecule has 0 saturated heterocycles. The molecule has 2 heteroatoms. The summed E-state index contributed by atoms with van der Waals surface area (Å²) < 4.78 is 0. The van der Waals surface area contributed by atoms with Crippen molar-refractivity contribution in [2.45, 2.75) is 90.1 Å². The molecule has 2 atom stereocenters. The molecule has 1 rings (SSSR count). The average Bonchev–Trinajstić information content (AvgIpc) is 2.41. The van der Waals surface area contributed by atoms with E-state index in [1.807, 2.05) is 0 Å². The largest absolute Gasteiger partial charge is 0.292 e. The molecule has 0 aromatic heterocycles. The van der Waals surface area contributed by atoms with Gasteiger partial charge in [0.2, 0.25) is 0 Å². The minimum atomic E-state index is 0.466. The Bertz CT molecular complexity index is 219. The van der Waals surface area contributed by atoms with Gasteiger partial charge in [-0.05, 0) is 51.0 Å². The second-order valence-corrected chi connectivity index (χ2v) is 5.37. The summed E-state index contributed by atoms with van der Waals surface area (Å²) in [5.74, 6) is 0. The first-order chi connectivity index (χ1) is 8.88. The summed E-state index contributed by atoms with van der Waals surface area (Å²) in [4.78, 5) is 9.52. The highest BCUT2D eigenvalue weighted by molar-refractivity contribution is 5.58. The number of aliphatic imine (C=N–C) groups is 2. The zero-order valence-electron chi connectivity index (χ0n) is 12.3. The Morgan fingerprint density at radius 1 is 0.833 bits per heavy atom. The van der Waals surface area contributed by atoms with Crippen molar-refractivity contribution < 1.29 is 0 Å². The third-order valence-corrected chi connectivity index (χ3v) is 3.66. The average molecular weight is 250 g/mol. The number of hydrogen-bond donors (Lipinski definition) is 0. The number of rotatable bonds is 8. The van der Waals surface area contributed by atoms with E-state index in [-0.39, 0.29) is 0 Å². The van der Waals surface area contributed by atoms with E-state index >= 15 is 0 Å². The Morgan fingerprint density at radius 3 is 1.67 bits per heavy atom. The van der Waals surface area contributed by atoms with Gasteiger partial charge in [0, 0.05) is 0 Å². The molecular formula is C16H30N2. The van der Waals surface area contributed by atoms with Crippen LogP contribution in [-0.2, 0) is 0 Å². The highest BCUT2D eigenvalue weighted by Gasteiger charge is 2.22. The lowest BCUT2D eigenvalue weighted by molar-refractivity contribution is 0.389. The first-order valence-electron chi connectivity index (χ1n) is 7.91. The molecule has 1 fully saturated rings. The number of unbranched alkanes of at least 4 members (excludes halogenated alkanes) is 4. The van der Waals surface area contributed by atoms with Gasteiger partial charge in [-0.15, -0.1) is 0 Å². The minimum absolute atomic E-state index is 0.466. The zero-order valence-corrected chi connectivity index (χ0v) is 12.3. The lowest BCUT2D eigenvalue weighted by Crippen LogP contribution is -2.27. The maximum Gasteiger partial charge on any atom is 0.0718 e. The van der Waals surface area contributed by atoms with Crippen LogP contribution in [0.1, 0.15) is 78.1 Å². The van der Waals surface area contributed by atoms with E-state index in [2.05, 4.69) is 26.3 Å². The molecule has 0 radical (unpaired) electrons. The summed E-state index contributed by atoms with van der Waals surface area (Å²) in [6.07, 6.45) is 16.7. The molecule has 2 nitrogen and oxygen atoms in total. The Labute approximate surface area is 113 Å². The van der Waals surface area contributed by atoms with Crippen LogP contribution in [0.4, 0.5) is 0 Å². The molecule has 1 aliphatic carbocycles. The normalized spacial score (nSPS) is 25.2. The molecule has 0 aromatic rings. The number of hydrogen-bond acceptors (Lipinski definition) is 2.